The van der Waals surface area contributed by atoms with Crippen molar-refractivity contribution in [3.8, 4) is 11.5 Å². The minimum atomic E-state index is -0.634. The minimum Gasteiger partial charge on any atom is -0.497 e. The first-order chi connectivity index (χ1) is 15.4. The van der Waals surface area contributed by atoms with Crippen LogP contribution in [-0.2, 0) is 23.7 Å². The zero-order valence-electron chi connectivity index (χ0n) is 17.5. The number of hydrogen-bond donors (Lipinski definition) is 0. The van der Waals surface area contributed by atoms with Gasteiger partial charge in [0.2, 0.25) is 0 Å². The summed E-state index contributed by atoms with van der Waals surface area (Å²) in [6, 6.07) is 12.6. The van der Waals surface area contributed by atoms with Crippen LogP contribution in [0.25, 0.3) is 0 Å². The van der Waals surface area contributed by atoms with Gasteiger partial charge in [-0.05, 0) is 48.5 Å². The van der Waals surface area contributed by atoms with Crippen LogP contribution in [0.2, 0.25) is 0 Å². The number of ether oxygens (including phenoxy) is 6. The van der Waals surface area contributed by atoms with Gasteiger partial charge in [0.05, 0.1) is 31.5 Å². The molecule has 2 saturated heterocycles. The van der Waals surface area contributed by atoms with E-state index in [1.165, 1.54) is 31.2 Å². The van der Waals surface area contributed by atoms with Crippen LogP contribution >= 0.6 is 0 Å². The van der Waals surface area contributed by atoms with E-state index >= 15 is 0 Å². The molecule has 9 heteroatoms. The van der Waals surface area contributed by atoms with E-state index in [2.05, 4.69) is 0 Å². The van der Waals surface area contributed by atoms with Crippen LogP contribution in [0.4, 0.5) is 0 Å². The SMILES string of the molecule is COc1ccc(C(=O)O[C@H]2COC3C(OC(=O)c4ccc(OC(C)=O)cc4)COC32)cc1. The first kappa shape index (κ1) is 21.8. The summed E-state index contributed by atoms with van der Waals surface area (Å²) in [5, 5.41) is 0. The Balaban J connectivity index is 1.33. The average Bonchev–Trinajstić information content (AvgIpc) is 3.37. The molecule has 2 aliphatic rings. The highest BCUT2D eigenvalue weighted by Crippen LogP contribution is 2.31. The largest absolute Gasteiger partial charge is 0.497 e. The molecule has 0 aliphatic carbocycles. The van der Waals surface area contributed by atoms with Crippen LogP contribution in [0.1, 0.15) is 27.6 Å². The lowest BCUT2D eigenvalue weighted by molar-refractivity contribution is -0.131. The van der Waals surface area contributed by atoms with Crippen molar-refractivity contribution >= 4 is 17.9 Å². The van der Waals surface area contributed by atoms with Crippen LogP contribution in [0.3, 0.4) is 0 Å². The van der Waals surface area contributed by atoms with Gasteiger partial charge in [-0.2, -0.15) is 0 Å². The van der Waals surface area contributed by atoms with Gasteiger partial charge in [-0.1, -0.05) is 0 Å². The third-order valence-electron chi connectivity index (χ3n) is 5.16. The first-order valence-electron chi connectivity index (χ1n) is 10.0. The van der Waals surface area contributed by atoms with Gasteiger partial charge in [-0.25, -0.2) is 9.59 Å². The highest BCUT2D eigenvalue weighted by atomic mass is 16.7. The Kier molecular flexibility index (Phi) is 6.38. The fourth-order valence-corrected chi connectivity index (χ4v) is 3.59. The van der Waals surface area contributed by atoms with Crippen LogP contribution < -0.4 is 9.47 Å². The molecular weight excluding hydrogens is 420 g/mol. The monoisotopic (exact) mass is 442 g/mol. The van der Waals surface area contributed by atoms with Crippen molar-refractivity contribution in [3.63, 3.8) is 0 Å². The molecule has 9 nitrogen and oxygen atoms in total. The molecule has 2 aromatic carbocycles. The van der Waals surface area contributed by atoms with Crippen LogP contribution in [0, 0.1) is 0 Å². The van der Waals surface area contributed by atoms with Crippen molar-refractivity contribution < 1.29 is 42.8 Å². The standard InChI is InChI=1S/C23H22O9/c1-13(24)30-17-9-5-15(6-10-17)23(26)32-19-12-29-20-18(11-28-21(19)20)31-22(25)14-3-7-16(27-2)8-4-14/h3-10,18-21H,11-12H2,1-2H3/t18-,19?,20?,21?/m0/s1. The molecule has 4 rings (SSSR count). The second-order valence-electron chi connectivity index (χ2n) is 7.33. The third-order valence-corrected chi connectivity index (χ3v) is 5.16. The minimum absolute atomic E-state index is 0.128. The van der Waals surface area contributed by atoms with Crippen LogP contribution in [0.5, 0.6) is 11.5 Å². The summed E-state index contributed by atoms with van der Waals surface area (Å²) in [4.78, 5) is 35.9. The number of esters is 3. The smallest absolute Gasteiger partial charge is 0.338 e. The second kappa shape index (κ2) is 9.37. The van der Waals surface area contributed by atoms with E-state index in [9.17, 15) is 14.4 Å². The average molecular weight is 442 g/mol. The van der Waals surface area contributed by atoms with E-state index in [4.69, 9.17) is 28.4 Å². The number of methoxy groups -OCH3 is 1. The summed E-state index contributed by atoms with van der Waals surface area (Å²) in [7, 11) is 1.54. The lowest BCUT2D eigenvalue weighted by Crippen LogP contribution is -2.36. The topological polar surface area (TPSA) is 107 Å². The molecule has 0 bridgehead atoms. The van der Waals surface area contributed by atoms with E-state index < -0.39 is 42.3 Å². The molecule has 0 N–H and O–H groups in total. The highest BCUT2D eigenvalue weighted by Gasteiger charge is 2.51. The molecule has 0 spiro atoms. The molecule has 0 amide bonds. The predicted octanol–water partition coefficient (Wildman–Crippen LogP) is 2.17. The molecule has 3 unspecified atom stereocenters. The van der Waals surface area contributed by atoms with Crippen molar-refractivity contribution in [2.75, 3.05) is 20.3 Å². The van der Waals surface area contributed by atoms with Gasteiger partial charge in [0, 0.05) is 6.92 Å². The highest BCUT2D eigenvalue weighted by molar-refractivity contribution is 5.90. The fraction of sp³-hybridized carbons (Fsp3) is 0.348. The summed E-state index contributed by atoms with van der Waals surface area (Å²) in [6.07, 6.45) is -2.30. The Bertz CT molecular complexity index is 984. The molecule has 2 fully saturated rings. The number of hydrogen-bond acceptors (Lipinski definition) is 9. The number of carbonyl (C=O) groups is 3. The van der Waals surface area contributed by atoms with E-state index in [0.29, 0.717) is 22.6 Å². The molecule has 0 saturated carbocycles. The lowest BCUT2D eigenvalue weighted by Gasteiger charge is -2.17. The van der Waals surface area contributed by atoms with Crippen molar-refractivity contribution in [1.82, 2.24) is 0 Å². The second-order valence-corrected chi connectivity index (χ2v) is 7.33. The van der Waals surface area contributed by atoms with Gasteiger partial charge in [-0.3, -0.25) is 4.79 Å². The molecule has 4 atom stereocenters. The molecule has 2 heterocycles. The maximum Gasteiger partial charge on any atom is 0.338 e. The Hall–Kier alpha value is -3.43. The normalized spacial score (nSPS) is 23.8. The van der Waals surface area contributed by atoms with E-state index in [-0.39, 0.29) is 13.2 Å². The van der Waals surface area contributed by atoms with Crippen LogP contribution in [0.15, 0.2) is 48.5 Å². The molecule has 0 aromatic heterocycles. The third kappa shape index (κ3) is 4.74. The maximum absolute atomic E-state index is 12.5. The van der Waals surface area contributed by atoms with Crippen molar-refractivity contribution in [3.05, 3.63) is 59.7 Å². The Morgan fingerprint density at radius 3 is 1.59 bits per heavy atom. The lowest BCUT2D eigenvalue weighted by atomic mass is 10.1. The van der Waals surface area contributed by atoms with E-state index in [0.717, 1.165) is 0 Å². The van der Waals surface area contributed by atoms with Crippen molar-refractivity contribution in [2.45, 2.75) is 31.3 Å². The molecule has 32 heavy (non-hydrogen) atoms. The number of rotatable bonds is 6. The predicted molar refractivity (Wildman–Crippen MR) is 109 cm³/mol. The molecule has 0 radical (unpaired) electrons. The van der Waals surface area contributed by atoms with Gasteiger partial charge in [0.25, 0.3) is 0 Å². The van der Waals surface area contributed by atoms with Crippen molar-refractivity contribution in [2.24, 2.45) is 0 Å². The quantitative estimate of drug-likeness (QED) is 0.491. The van der Waals surface area contributed by atoms with Gasteiger partial charge in [-0.15, -0.1) is 0 Å². The maximum atomic E-state index is 12.5. The van der Waals surface area contributed by atoms with Gasteiger partial charge in [0.15, 0.2) is 12.2 Å². The fourth-order valence-electron chi connectivity index (χ4n) is 3.59. The first-order valence-corrected chi connectivity index (χ1v) is 10.0. The molecule has 2 aliphatic heterocycles. The Labute approximate surface area is 184 Å². The zero-order chi connectivity index (χ0) is 22.7. The molecule has 2 aromatic rings. The zero-order valence-corrected chi connectivity index (χ0v) is 17.5. The van der Waals surface area contributed by atoms with Gasteiger partial charge >= 0.3 is 17.9 Å². The van der Waals surface area contributed by atoms with Gasteiger partial charge in [0.1, 0.15) is 23.7 Å². The summed E-state index contributed by atoms with van der Waals surface area (Å²) in [5.74, 6) is -0.542. The summed E-state index contributed by atoms with van der Waals surface area (Å²) in [5.41, 5.74) is 0.678. The summed E-state index contributed by atoms with van der Waals surface area (Å²) < 4.78 is 32.6. The number of fused-ring (bicyclic) bond motifs is 1. The Morgan fingerprint density at radius 2 is 1.19 bits per heavy atom. The Morgan fingerprint density at radius 1 is 0.750 bits per heavy atom. The summed E-state index contributed by atoms with van der Waals surface area (Å²) in [6.45, 7) is 1.56. The van der Waals surface area contributed by atoms with Crippen molar-refractivity contribution in [1.29, 1.82) is 0 Å². The molecular formula is C23H22O9. The summed E-state index contributed by atoms with van der Waals surface area (Å²) >= 11 is 0. The van der Waals surface area contributed by atoms with E-state index in [1.54, 1.807) is 31.4 Å². The molecule has 168 valence electrons. The number of benzene rings is 2. The van der Waals surface area contributed by atoms with E-state index in [1.807, 2.05) is 0 Å². The van der Waals surface area contributed by atoms with Crippen LogP contribution in [-0.4, -0.2) is 62.6 Å². The van der Waals surface area contributed by atoms with Gasteiger partial charge < -0.3 is 28.4 Å². The number of carbonyl (C=O) groups excluding carboxylic acids is 3.